The van der Waals surface area contributed by atoms with Gasteiger partial charge in [-0.15, -0.1) is 11.8 Å². The van der Waals surface area contributed by atoms with E-state index in [0.717, 1.165) is 23.1 Å². The molecular weight excluding hydrogens is 800 g/mol. The maximum absolute atomic E-state index is 15.7. The second-order valence-electron chi connectivity index (χ2n) is 12.9. The largest absolute Gasteiger partial charge is 0.512 e. The van der Waals surface area contributed by atoms with E-state index >= 15 is 4.39 Å². The van der Waals surface area contributed by atoms with Gasteiger partial charge in [0, 0.05) is 42.8 Å². The van der Waals surface area contributed by atoms with Crippen LogP contribution in [0.15, 0.2) is 79.9 Å². The predicted molar refractivity (Wildman–Crippen MR) is 205 cm³/mol. The van der Waals surface area contributed by atoms with E-state index in [1.54, 1.807) is 25.2 Å². The van der Waals surface area contributed by atoms with Crippen molar-refractivity contribution in [1.29, 1.82) is 5.26 Å². The Morgan fingerprint density at radius 1 is 1.07 bits per heavy atom. The zero-order valence-corrected chi connectivity index (χ0v) is 33.1. The molecule has 3 aromatic rings. The van der Waals surface area contributed by atoms with E-state index in [0.29, 0.717) is 6.07 Å². The first-order chi connectivity index (χ1) is 28.2. The molecule has 19 heteroatoms. The van der Waals surface area contributed by atoms with E-state index in [1.165, 1.54) is 67.4 Å². The molecule has 1 aliphatic rings. The molecule has 1 aliphatic heterocycles. The van der Waals surface area contributed by atoms with E-state index in [2.05, 4.69) is 16.7 Å². The summed E-state index contributed by atoms with van der Waals surface area (Å²) in [6.07, 6.45) is 6.08. The van der Waals surface area contributed by atoms with E-state index in [1.807, 2.05) is 6.07 Å². The lowest BCUT2D eigenvalue weighted by atomic mass is 9.89. The summed E-state index contributed by atoms with van der Waals surface area (Å²) in [7, 11) is 1.31. The number of carbonyl (C=O) groups is 4. The molecule has 15 nitrogen and oxygen atoms in total. The summed E-state index contributed by atoms with van der Waals surface area (Å²) >= 11 is 1.22. The molecule has 0 bridgehead atoms. The maximum atomic E-state index is 15.7. The molecule has 4 rings (SSSR count). The first-order valence-electron chi connectivity index (χ1n) is 18.0. The fourth-order valence-corrected chi connectivity index (χ4v) is 6.95. The Morgan fingerprint density at radius 3 is 2.49 bits per heavy atom. The Morgan fingerprint density at radius 2 is 1.83 bits per heavy atom. The van der Waals surface area contributed by atoms with Crippen molar-refractivity contribution < 1.29 is 60.8 Å². The number of benzene rings is 2. The number of thioether (sulfide) groups is 1. The SMILES string of the molecule is C=CCOC(=O)CCC(=O)N(C)CC(=O)OC(C)OC(=O)O[C@@](Cn1cncn1)(c1ccc(F)cc1F)[C@@H](C)SC1COC(/C=C/C=C/c2ccc(C#N)cc2F)OC1. The van der Waals surface area contributed by atoms with Crippen molar-refractivity contribution in [3.63, 3.8) is 0 Å². The van der Waals surface area contributed by atoms with Crippen LogP contribution in [0.25, 0.3) is 6.08 Å². The van der Waals surface area contributed by atoms with E-state index in [9.17, 15) is 28.0 Å². The van der Waals surface area contributed by atoms with Crippen molar-refractivity contribution in [2.45, 2.75) is 61.9 Å². The van der Waals surface area contributed by atoms with Crippen LogP contribution in [-0.2, 0) is 55.0 Å². The molecule has 0 radical (unpaired) electrons. The van der Waals surface area contributed by atoms with E-state index < -0.39 is 76.7 Å². The lowest BCUT2D eigenvalue weighted by molar-refractivity contribution is -0.173. The van der Waals surface area contributed by atoms with Crippen LogP contribution in [0.5, 0.6) is 0 Å². The summed E-state index contributed by atoms with van der Waals surface area (Å²) in [5.41, 5.74) is -1.70. The number of aromatic nitrogens is 3. The monoisotopic (exact) mass is 841 g/mol. The van der Waals surface area contributed by atoms with Crippen LogP contribution >= 0.6 is 11.8 Å². The van der Waals surface area contributed by atoms with Crippen molar-refractivity contribution >= 4 is 41.8 Å². The second-order valence-corrected chi connectivity index (χ2v) is 14.5. The molecule has 59 heavy (non-hydrogen) atoms. The lowest BCUT2D eigenvalue weighted by Crippen LogP contribution is -2.47. The molecule has 0 aliphatic carbocycles. The number of rotatable bonds is 19. The number of allylic oxidation sites excluding steroid dienone is 2. The van der Waals surface area contributed by atoms with Crippen LogP contribution in [0, 0.1) is 28.8 Å². The summed E-state index contributed by atoms with van der Waals surface area (Å²) < 4.78 is 78.4. The third-order valence-electron chi connectivity index (χ3n) is 8.50. The summed E-state index contributed by atoms with van der Waals surface area (Å²) in [6, 6.07) is 8.77. The molecule has 0 N–H and O–H groups in total. The van der Waals surface area contributed by atoms with Crippen molar-refractivity contribution in [2.24, 2.45) is 0 Å². The Kier molecular flexibility index (Phi) is 17.2. The van der Waals surface area contributed by atoms with Crippen LogP contribution < -0.4 is 0 Å². The van der Waals surface area contributed by atoms with Gasteiger partial charge >= 0.3 is 18.1 Å². The van der Waals surface area contributed by atoms with Gasteiger partial charge in [-0.2, -0.15) is 10.4 Å². The highest BCUT2D eigenvalue weighted by atomic mass is 32.2. The number of nitrogens with zero attached hydrogens (tertiary/aromatic N) is 5. The smallest absolute Gasteiger partial charge is 0.461 e. The van der Waals surface area contributed by atoms with Gasteiger partial charge in [-0.3, -0.25) is 14.4 Å². The second kappa shape index (κ2) is 22.3. The number of likely N-dealkylation sites (N-methyl/N-ethyl adjacent to an activating group) is 1. The van der Waals surface area contributed by atoms with Crippen molar-refractivity contribution in [2.75, 3.05) is 33.4 Å². The molecule has 0 spiro atoms. The molecule has 3 atom stereocenters. The van der Waals surface area contributed by atoms with Gasteiger partial charge in [-0.25, -0.2) is 27.6 Å². The minimum atomic E-state index is -1.96. The van der Waals surface area contributed by atoms with Crippen molar-refractivity contribution in [3.05, 3.63) is 114 Å². The molecular formula is C40H42F3N5O10S. The number of halogens is 3. The fraction of sp³-hybridized carbons (Fsp3) is 0.375. The van der Waals surface area contributed by atoms with E-state index in [4.69, 9.17) is 33.7 Å². The third kappa shape index (κ3) is 13.8. The average molecular weight is 842 g/mol. The molecule has 1 unspecified atom stereocenters. The van der Waals surface area contributed by atoms with Crippen LogP contribution in [0.3, 0.4) is 0 Å². The molecule has 2 aromatic carbocycles. The Bertz CT molecular complexity index is 2040. The maximum Gasteiger partial charge on any atom is 0.512 e. The number of nitriles is 1. The topological polar surface area (TPSA) is 181 Å². The minimum Gasteiger partial charge on any atom is -0.461 e. The minimum absolute atomic E-state index is 0.00797. The predicted octanol–water partition coefficient (Wildman–Crippen LogP) is 5.61. The Balaban J connectivity index is 1.43. The Labute approximate surface area is 342 Å². The molecule has 1 aromatic heterocycles. The van der Waals surface area contributed by atoms with Gasteiger partial charge in [-0.1, -0.05) is 36.9 Å². The quantitative estimate of drug-likeness (QED) is 0.0478. The standard InChI is InChI=1S/C40H42F3N5O10S/c1-5-16-53-36(50)15-14-35(49)47(4)20-37(51)56-27(3)57-39(52)58-40(23-48-25-45-24-46-48,32-13-12-30(41)18-34(32)43)26(2)59-31-21-54-38(55-22-31)9-7-6-8-29-11-10-28(19-44)17-33(29)42/h5-13,17-18,24-27,31,38H,1,14-16,20-23H2,2-4H3/b8-6+,9-7+/t26-,27?,31?,38?,40-/m1/s1. The third-order valence-corrected chi connectivity index (χ3v) is 9.95. The molecule has 1 saturated heterocycles. The Hall–Kier alpha value is -5.97. The van der Waals surface area contributed by atoms with Gasteiger partial charge in [0.2, 0.25) is 12.2 Å². The number of amides is 1. The molecule has 1 fully saturated rings. The van der Waals surface area contributed by atoms with Crippen LogP contribution in [0.2, 0.25) is 0 Å². The lowest BCUT2D eigenvalue weighted by Gasteiger charge is -2.40. The number of hydrogen-bond acceptors (Lipinski definition) is 14. The first-order valence-corrected chi connectivity index (χ1v) is 19.0. The number of esters is 2. The summed E-state index contributed by atoms with van der Waals surface area (Å²) in [5.74, 6) is -4.60. The highest BCUT2D eigenvalue weighted by Crippen LogP contribution is 2.42. The summed E-state index contributed by atoms with van der Waals surface area (Å²) in [5, 5.41) is 11.8. The van der Waals surface area contributed by atoms with E-state index in [-0.39, 0.29) is 55.9 Å². The van der Waals surface area contributed by atoms with Crippen molar-refractivity contribution in [3.8, 4) is 6.07 Å². The zero-order valence-electron chi connectivity index (χ0n) is 32.3. The molecule has 0 saturated carbocycles. The highest BCUT2D eigenvalue weighted by Gasteiger charge is 2.47. The number of carbonyl (C=O) groups excluding carboxylic acids is 4. The van der Waals surface area contributed by atoms with Gasteiger partial charge in [0.05, 0.1) is 43.1 Å². The normalized spacial score (nSPS) is 17.3. The molecule has 2 heterocycles. The van der Waals surface area contributed by atoms with Crippen LogP contribution in [-0.4, -0.2) is 100 Å². The first kappa shape index (κ1) is 45.7. The van der Waals surface area contributed by atoms with Crippen LogP contribution in [0.4, 0.5) is 18.0 Å². The number of hydrogen-bond donors (Lipinski definition) is 0. The van der Waals surface area contributed by atoms with Crippen molar-refractivity contribution in [1.82, 2.24) is 19.7 Å². The summed E-state index contributed by atoms with van der Waals surface area (Å²) in [6.45, 7) is 5.68. The van der Waals surface area contributed by atoms with Gasteiger partial charge < -0.3 is 33.3 Å². The fourth-order valence-electron chi connectivity index (χ4n) is 5.59. The highest BCUT2D eigenvalue weighted by molar-refractivity contribution is 8.00. The van der Waals surface area contributed by atoms with Gasteiger partial charge in [-0.05, 0) is 37.3 Å². The average Bonchev–Trinajstić information content (AvgIpc) is 3.71. The molecule has 314 valence electrons. The zero-order chi connectivity index (χ0) is 43.0. The van der Waals surface area contributed by atoms with Gasteiger partial charge in [0.15, 0.2) is 11.9 Å². The molecule has 1 amide bonds. The van der Waals surface area contributed by atoms with Crippen LogP contribution in [0.1, 0.15) is 43.4 Å². The summed E-state index contributed by atoms with van der Waals surface area (Å²) in [4.78, 5) is 55.2. The van der Waals surface area contributed by atoms with Gasteiger partial charge in [0.25, 0.3) is 0 Å². The number of ether oxygens (including phenoxy) is 6. The van der Waals surface area contributed by atoms with Gasteiger partial charge in [0.1, 0.15) is 43.3 Å².